The van der Waals surface area contributed by atoms with Crippen LogP contribution >= 0.6 is 0 Å². The largest absolute Gasteiger partial charge is 0.495 e. The lowest BCUT2D eigenvalue weighted by Crippen LogP contribution is -2.00. The highest BCUT2D eigenvalue weighted by molar-refractivity contribution is 7.85. The van der Waals surface area contributed by atoms with Gasteiger partial charge >= 0.3 is 0 Å². The molecule has 5 nitrogen and oxygen atoms in total. The minimum atomic E-state index is -1.44. The number of nitrogens with two attached hydrogens (primary N) is 2. The first-order chi connectivity index (χ1) is 15.5. The quantitative estimate of drug-likeness (QED) is 0.391. The predicted molar refractivity (Wildman–Crippen MR) is 130 cm³/mol. The van der Waals surface area contributed by atoms with Gasteiger partial charge in [0, 0.05) is 0 Å². The summed E-state index contributed by atoms with van der Waals surface area (Å²) in [5.41, 5.74) is 16.7. The third-order valence-corrected chi connectivity index (χ3v) is 6.77. The standard InChI is InChI=1S/C26H24N2O3S/c1-30-23-13-11-17(15-21(23)27)19-7-3-5-9-25(19)32(29)26-10-6-4-8-20(26)18-12-14-24(31-2)22(28)16-18/h3-16H,27-28H2,1-2H3. The highest BCUT2D eigenvalue weighted by Gasteiger charge is 2.18. The van der Waals surface area contributed by atoms with E-state index in [0.29, 0.717) is 32.7 Å². The molecule has 0 heterocycles. The molecule has 0 amide bonds. The molecule has 4 N–H and O–H groups in total. The third kappa shape index (κ3) is 4.05. The van der Waals surface area contributed by atoms with Crippen LogP contribution in [0.4, 0.5) is 11.4 Å². The molecular formula is C26H24N2O3S. The Hall–Kier alpha value is -3.77. The number of methoxy groups -OCH3 is 2. The number of anilines is 2. The lowest BCUT2D eigenvalue weighted by Gasteiger charge is -2.15. The summed E-state index contributed by atoms with van der Waals surface area (Å²) >= 11 is 0. The van der Waals surface area contributed by atoms with Gasteiger partial charge in [0.05, 0.1) is 46.2 Å². The molecule has 0 radical (unpaired) electrons. The summed E-state index contributed by atoms with van der Waals surface area (Å²) < 4.78 is 24.4. The fourth-order valence-electron chi connectivity index (χ4n) is 3.66. The molecule has 0 aliphatic carbocycles. The molecule has 0 aromatic heterocycles. The summed E-state index contributed by atoms with van der Waals surface area (Å²) in [7, 11) is 1.72. The van der Waals surface area contributed by atoms with Crippen LogP contribution in [0.15, 0.2) is 94.7 Å². The van der Waals surface area contributed by atoms with Crippen LogP contribution in [0.5, 0.6) is 11.5 Å². The van der Waals surface area contributed by atoms with Crippen LogP contribution in [0.2, 0.25) is 0 Å². The van der Waals surface area contributed by atoms with Gasteiger partial charge < -0.3 is 20.9 Å². The van der Waals surface area contributed by atoms with Gasteiger partial charge in [0.1, 0.15) is 11.5 Å². The molecule has 0 aliphatic heterocycles. The molecule has 32 heavy (non-hydrogen) atoms. The highest BCUT2D eigenvalue weighted by Crippen LogP contribution is 2.37. The second-order valence-electron chi connectivity index (χ2n) is 7.17. The minimum absolute atomic E-state index is 0.527. The van der Waals surface area contributed by atoms with Gasteiger partial charge in [-0.05, 0) is 58.7 Å². The van der Waals surface area contributed by atoms with Gasteiger partial charge in [-0.15, -0.1) is 0 Å². The normalized spacial score (nSPS) is 10.8. The van der Waals surface area contributed by atoms with E-state index in [2.05, 4.69) is 0 Å². The van der Waals surface area contributed by atoms with Crippen molar-refractivity contribution in [1.29, 1.82) is 0 Å². The average Bonchev–Trinajstić information content (AvgIpc) is 2.83. The molecule has 0 atom stereocenters. The van der Waals surface area contributed by atoms with Crippen LogP contribution in [0.3, 0.4) is 0 Å². The number of ether oxygens (including phenoxy) is 2. The second kappa shape index (κ2) is 9.16. The first-order valence-electron chi connectivity index (χ1n) is 10.0. The molecule has 0 saturated heterocycles. The Labute approximate surface area is 190 Å². The van der Waals surface area contributed by atoms with E-state index in [4.69, 9.17) is 20.9 Å². The number of benzene rings is 4. The van der Waals surface area contributed by atoms with Gasteiger partial charge in [-0.25, -0.2) is 4.21 Å². The maximum Gasteiger partial charge on any atom is 0.141 e. The van der Waals surface area contributed by atoms with Crippen molar-refractivity contribution in [2.24, 2.45) is 0 Å². The molecular weight excluding hydrogens is 420 g/mol. The van der Waals surface area contributed by atoms with Crippen LogP contribution < -0.4 is 20.9 Å². The smallest absolute Gasteiger partial charge is 0.141 e. The van der Waals surface area contributed by atoms with Crippen molar-refractivity contribution in [3.05, 3.63) is 84.9 Å². The van der Waals surface area contributed by atoms with E-state index >= 15 is 0 Å². The first-order valence-corrected chi connectivity index (χ1v) is 11.2. The summed E-state index contributed by atoms with van der Waals surface area (Å²) in [5, 5.41) is 0. The Balaban J connectivity index is 1.81. The van der Waals surface area contributed by atoms with E-state index < -0.39 is 10.8 Å². The van der Waals surface area contributed by atoms with E-state index in [1.807, 2.05) is 84.9 Å². The van der Waals surface area contributed by atoms with E-state index in [9.17, 15) is 4.21 Å². The molecule has 162 valence electrons. The van der Waals surface area contributed by atoms with Crippen LogP contribution in [-0.4, -0.2) is 18.4 Å². The lowest BCUT2D eigenvalue weighted by atomic mass is 10.0. The van der Waals surface area contributed by atoms with Crippen molar-refractivity contribution in [3.63, 3.8) is 0 Å². The molecule has 6 heteroatoms. The van der Waals surface area contributed by atoms with E-state index in [1.54, 1.807) is 14.2 Å². The van der Waals surface area contributed by atoms with Crippen molar-refractivity contribution in [1.82, 2.24) is 0 Å². The summed E-state index contributed by atoms with van der Waals surface area (Å²) in [4.78, 5) is 1.40. The lowest BCUT2D eigenvalue weighted by molar-refractivity contribution is 0.417. The molecule has 4 aromatic rings. The Morgan fingerprint density at radius 1 is 0.625 bits per heavy atom. The van der Waals surface area contributed by atoms with Gasteiger partial charge in [-0.3, -0.25) is 0 Å². The first kappa shape index (κ1) is 21.5. The maximum atomic E-state index is 13.8. The molecule has 0 fully saturated rings. The molecule has 0 aliphatic rings. The molecule has 4 rings (SSSR count). The molecule has 4 aromatic carbocycles. The van der Waals surface area contributed by atoms with Gasteiger partial charge in [-0.2, -0.15) is 0 Å². The average molecular weight is 445 g/mol. The fraction of sp³-hybridized carbons (Fsp3) is 0.0769. The highest BCUT2D eigenvalue weighted by atomic mass is 32.2. The van der Waals surface area contributed by atoms with Crippen molar-refractivity contribution in [2.45, 2.75) is 9.79 Å². The van der Waals surface area contributed by atoms with Crippen LogP contribution in [0.25, 0.3) is 22.3 Å². The Kier molecular flexibility index (Phi) is 6.14. The van der Waals surface area contributed by atoms with Gasteiger partial charge in [0.15, 0.2) is 0 Å². The van der Waals surface area contributed by atoms with Gasteiger partial charge in [0.2, 0.25) is 0 Å². The zero-order chi connectivity index (χ0) is 22.7. The predicted octanol–water partition coefficient (Wildman–Crippen LogP) is 5.37. The number of hydrogen-bond donors (Lipinski definition) is 2. The van der Waals surface area contributed by atoms with Crippen molar-refractivity contribution < 1.29 is 13.7 Å². The fourth-order valence-corrected chi connectivity index (χ4v) is 5.07. The Morgan fingerprint density at radius 2 is 1.03 bits per heavy atom. The van der Waals surface area contributed by atoms with E-state index in [1.165, 1.54) is 0 Å². The zero-order valence-electron chi connectivity index (χ0n) is 17.9. The topological polar surface area (TPSA) is 87.6 Å². The molecule has 0 unspecified atom stereocenters. The summed E-state index contributed by atoms with van der Waals surface area (Å²) in [6, 6.07) is 26.4. The molecule has 0 saturated carbocycles. The Morgan fingerprint density at radius 3 is 1.41 bits per heavy atom. The second-order valence-corrected chi connectivity index (χ2v) is 8.59. The van der Waals surface area contributed by atoms with E-state index in [-0.39, 0.29) is 0 Å². The Bertz CT molecular complexity index is 1210. The SMILES string of the molecule is COc1ccc(-c2ccccc2S(=O)c2ccccc2-c2ccc(OC)c(N)c2)cc1N. The monoisotopic (exact) mass is 444 g/mol. The number of hydrogen-bond acceptors (Lipinski definition) is 5. The molecule has 0 spiro atoms. The zero-order valence-corrected chi connectivity index (χ0v) is 18.7. The summed E-state index contributed by atoms with van der Waals surface area (Å²) in [6.45, 7) is 0. The van der Waals surface area contributed by atoms with Crippen molar-refractivity contribution in [2.75, 3.05) is 25.7 Å². The molecule has 0 bridgehead atoms. The summed E-state index contributed by atoms with van der Waals surface area (Å²) in [6.07, 6.45) is 0. The number of nitrogen functional groups attached to an aromatic ring is 2. The number of rotatable bonds is 6. The summed E-state index contributed by atoms with van der Waals surface area (Å²) in [5.74, 6) is 1.21. The maximum absolute atomic E-state index is 13.8. The van der Waals surface area contributed by atoms with E-state index in [0.717, 1.165) is 22.3 Å². The van der Waals surface area contributed by atoms with Crippen molar-refractivity contribution >= 4 is 22.2 Å². The van der Waals surface area contributed by atoms with Gasteiger partial charge in [-0.1, -0.05) is 48.5 Å². The van der Waals surface area contributed by atoms with Gasteiger partial charge in [0.25, 0.3) is 0 Å². The van der Waals surface area contributed by atoms with Crippen LogP contribution in [-0.2, 0) is 10.8 Å². The third-order valence-electron chi connectivity index (χ3n) is 5.26. The van der Waals surface area contributed by atoms with Crippen LogP contribution in [0, 0.1) is 0 Å². The van der Waals surface area contributed by atoms with Crippen LogP contribution in [0.1, 0.15) is 0 Å². The minimum Gasteiger partial charge on any atom is -0.495 e. The van der Waals surface area contributed by atoms with Crippen molar-refractivity contribution in [3.8, 4) is 33.8 Å².